The van der Waals surface area contributed by atoms with Crippen molar-refractivity contribution in [2.45, 2.75) is 6.92 Å². The third kappa shape index (κ3) is 5.50. The lowest BCUT2D eigenvalue weighted by molar-refractivity contribution is -0.111. The summed E-state index contributed by atoms with van der Waals surface area (Å²) in [4.78, 5) is 26.9. The SMILES string of the molecule is COC(=O)c1cc(NC(=O)C=Cc2ccc(-c3ccc(C)c(Cl)c3)o2)ccc1N1CCOCC1. The molecule has 7 nitrogen and oxygen atoms in total. The van der Waals surface area contributed by atoms with Crippen molar-refractivity contribution in [1.29, 1.82) is 0 Å². The van der Waals surface area contributed by atoms with Crippen LogP contribution in [0.1, 0.15) is 21.7 Å². The van der Waals surface area contributed by atoms with Gasteiger partial charge < -0.3 is 24.1 Å². The lowest BCUT2D eigenvalue weighted by atomic mass is 10.1. The molecule has 4 rings (SSSR count). The molecule has 8 heteroatoms. The van der Waals surface area contributed by atoms with Gasteiger partial charge in [0.25, 0.3) is 0 Å². The number of ether oxygens (including phenoxy) is 2. The number of carbonyl (C=O) groups excluding carboxylic acids is 2. The number of hydrogen-bond donors (Lipinski definition) is 1. The van der Waals surface area contributed by atoms with E-state index in [2.05, 4.69) is 10.2 Å². The third-order valence-electron chi connectivity index (χ3n) is 5.50. The van der Waals surface area contributed by atoms with Crippen molar-refractivity contribution >= 4 is 40.9 Å². The summed E-state index contributed by atoms with van der Waals surface area (Å²) in [5.74, 6) is 0.363. The summed E-state index contributed by atoms with van der Waals surface area (Å²) in [6, 6.07) is 14.5. The van der Waals surface area contributed by atoms with Crippen LogP contribution < -0.4 is 10.2 Å². The second-order valence-electron chi connectivity index (χ2n) is 7.81. The lowest BCUT2D eigenvalue weighted by Gasteiger charge is -2.30. The largest absolute Gasteiger partial charge is 0.465 e. The number of furan rings is 1. The van der Waals surface area contributed by atoms with Crippen LogP contribution in [0.5, 0.6) is 0 Å². The molecule has 0 atom stereocenters. The minimum atomic E-state index is -0.465. The molecule has 1 fully saturated rings. The van der Waals surface area contributed by atoms with Crippen LogP contribution in [0.2, 0.25) is 5.02 Å². The lowest BCUT2D eigenvalue weighted by Crippen LogP contribution is -2.37. The Kier molecular flexibility index (Phi) is 7.35. The maximum Gasteiger partial charge on any atom is 0.340 e. The Morgan fingerprint density at radius 3 is 2.62 bits per heavy atom. The fraction of sp³-hybridized carbons (Fsp3) is 0.231. The average Bonchev–Trinajstić information content (AvgIpc) is 3.33. The molecule has 0 bridgehead atoms. The van der Waals surface area contributed by atoms with Gasteiger partial charge in [-0.05, 0) is 55.0 Å². The summed E-state index contributed by atoms with van der Waals surface area (Å²) in [6.45, 7) is 4.48. The van der Waals surface area contributed by atoms with Gasteiger partial charge in [0.15, 0.2) is 0 Å². The Labute approximate surface area is 202 Å². The maximum absolute atomic E-state index is 12.5. The predicted octanol–water partition coefficient (Wildman–Crippen LogP) is 5.18. The normalized spacial score (nSPS) is 13.8. The fourth-order valence-electron chi connectivity index (χ4n) is 3.65. The van der Waals surface area contributed by atoms with Crippen LogP contribution in [0.3, 0.4) is 0 Å². The van der Waals surface area contributed by atoms with Crippen molar-refractivity contribution < 1.29 is 23.5 Å². The first kappa shape index (κ1) is 23.6. The molecule has 2 aromatic carbocycles. The van der Waals surface area contributed by atoms with E-state index in [0.717, 1.165) is 16.8 Å². The molecule has 2 heterocycles. The maximum atomic E-state index is 12.5. The number of nitrogens with zero attached hydrogens (tertiary/aromatic N) is 1. The fourth-order valence-corrected chi connectivity index (χ4v) is 3.83. The van der Waals surface area contributed by atoms with Crippen LogP contribution in [0.4, 0.5) is 11.4 Å². The molecule has 1 aliphatic rings. The standard InChI is InChI=1S/C26H25ClN2O5/c1-17-3-4-18(15-22(17)27)24-9-6-20(34-24)7-10-25(30)28-19-5-8-23(21(16-19)26(31)32-2)29-11-13-33-14-12-29/h3-10,15-16H,11-14H2,1-2H3,(H,28,30). The van der Waals surface area contributed by atoms with E-state index in [4.69, 9.17) is 25.5 Å². The van der Waals surface area contributed by atoms with Gasteiger partial charge in [0, 0.05) is 35.4 Å². The summed E-state index contributed by atoms with van der Waals surface area (Å²) in [7, 11) is 1.33. The second kappa shape index (κ2) is 10.6. The van der Waals surface area contributed by atoms with Gasteiger partial charge in [0.05, 0.1) is 31.6 Å². The molecular weight excluding hydrogens is 456 g/mol. The number of morpholine rings is 1. The number of anilines is 2. The number of halogens is 1. The van der Waals surface area contributed by atoms with Crippen LogP contribution in [0, 0.1) is 6.92 Å². The molecule has 0 radical (unpaired) electrons. The van der Waals surface area contributed by atoms with Crippen molar-refractivity contribution in [2.75, 3.05) is 43.6 Å². The molecule has 0 saturated carbocycles. The Bertz CT molecular complexity index is 1230. The zero-order chi connectivity index (χ0) is 24.1. The van der Waals surface area contributed by atoms with Gasteiger partial charge in [-0.3, -0.25) is 4.79 Å². The Morgan fingerprint density at radius 2 is 1.88 bits per heavy atom. The van der Waals surface area contributed by atoms with Crippen LogP contribution in [-0.2, 0) is 14.3 Å². The number of hydrogen-bond acceptors (Lipinski definition) is 6. The number of carbonyl (C=O) groups is 2. The summed E-state index contributed by atoms with van der Waals surface area (Å²) >= 11 is 6.20. The molecule has 1 amide bonds. The van der Waals surface area contributed by atoms with E-state index in [1.54, 1.807) is 24.3 Å². The topological polar surface area (TPSA) is 81.0 Å². The Balaban J connectivity index is 1.45. The van der Waals surface area contributed by atoms with Crippen LogP contribution in [0.25, 0.3) is 17.4 Å². The minimum Gasteiger partial charge on any atom is -0.465 e. The number of methoxy groups -OCH3 is 1. The summed E-state index contributed by atoms with van der Waals surface area (Å²) in [6.07, 6.45) is 2.95. The molecule has 0 aliphatic carbocycles. The van der Waals surface area contributed by atoms with Crippen molar-refractivity contribution in [1.82, 2.24) is 0 Å². The van der Waals surface area contributed by atoms with Gasteiger partial charge in [0.1, 0.15) is 11.5 Å². The van der Waals surface area contributed by atoms with Gasteiger partial charge in [0.2, 0.25) is 5.91 Å². The molecule has 1 N–H and O–H groups in total. The van der Waals surface area contributed by atoms with Crippen LogP contribution in [-0.4, -0.2) is 45.3 Å². The highest BCUT2D eigenvalue weighted by Crippen LogP contribution is 2.28. The first-order valence-corrected chi connectivity index (χ1v) is 11.2. The van der Waals surface area contributed by atoms with Crippen molar-refractivity contribution in [3.05, 3.63) is 76.5 Å². The monoisotopic (exact) mass is 480 g/mol. The molecule has 34 heavy (non-hydrogen) atoms. The van der Waals surface area contributed by atoms with E-state index in [1.165, 1.54) is 13.2 Å². The Morgan fingerprint density at radius 1 is 1.09 bits per heavy atom. The van der Waals surface area contributed by atoms with Crippen molar-refractivity contribution in [3.63, 3.8) is 0 Å². The van der Waals surface area contributed by atoms with Gasteiger partial charge in [-0.1, -0.05) is 23.7 Å². The number of benzene rings is 2. The van der Waals surface area contributed by atoms with E-state index < -0.39 is 5.97 Å². The first-order valence-electron chi connectivity index (χ1n) is 10.8. The summed E-state index contributed by atoms with van der Waals surface area (Å²) in [5.41, 5.74) is 3.47. The third-order valence-corrected chi connectivity index (χ3v) is 5.91. The van der Waals surface area contributed by atoms with E-state index in [9.17, 15) is 9.59 Å². The van der Waals surface area contributed by atoms with Gasteiger partial charge >= 0.3 is 5.97 Å². The van der Waals surface area contributed by atoms with E-state index in [0.29, 0.717) is 54.1 Å². The highest BCUT2D eigenvalue weighted by Gasteiger charge is 2.20. The quantitative estimate of drug-likeness (QED) is 0.386. The molecule has 1 aliphatic heterocycles. The van der Waals surface area contributed by atoms with Crippen molar-refractivity contribution in [3.8, 4) is 11.3 Å². The zero-order valence-electron chi connectivity index (χ0n) is 19.0. The predicted molar refractivity (Wildman–Crippen MR) is 132 cm³/mol. The molecule has 0 unspecified atom stereocenters. The number of esters is 1. The summed E-state index contributed by atoms with van der Waals surface area (Å²) in [5, 5.41) is 3.44. The Hall–Kier alpha value is -3.55. The smallest absolute Gasteiger partial charge is 0.340 e. The molecule has 1 aromatic heterocycles. The van der Waals surface area contributed by atoms with E-state index >= 15 is 0 Å². The van der Waals surface area contributed by atoms with Gasteiger partial charge in [-0.2, -0.15) is 0 Å². The first-order chi connectivity index (χ1) is 16.4. The second-order valence-corrected chi connectivity index (χ2v) is 8.22. The molecule has 0 spiro atoms. The van der Waals surface area contributed by atoms with Crippen LogP contribution >= 0.6 is 11.6 Å². The highest BCUT2D eigenvalue weighted by molar-refractivity contribution is 6.31. The van der Waals surface area contributed by atoms with Crippen LogP contribution in [0.15, 0.2) is 59.0 Å². The molecule has 3 aromatic rings. The number of aryl methyl sites for hydroxylation is 1. The number of amides is 1. The zero-order valence-corrected chi connectivity index (χ0v) is 19.7. The van der Waals surface area contributed by atoms with E-state index in [1.807, 2.05) is 37.3 Å². The minimum absolute atomic E-state index is 0.355. The molecule has 176 valence electrons. The van der Waals surface area contributed by atoms with Gasteiger partial charge in [-0.25, -0.2) is 4.79 Å². The van der Waals surface area contributed by atoms with Crippen molar-refractivity contribution in [2.24, 2.45) is 0 Å². The summed E-state index contributed by atoms with van der Waals surface area (Å²) < 4.78 is 16.1. The van der Waals surface area contributed by atoms with E-state index in [-0.39, 0.29) is 5.91 Å². The van der Waals surface area contributed by atoms with Gasteiger partial charge in [-0.15, -0.1) is 0 Å². The average molecular weight is 481 g/mol. The molecule has 1 saturated heterocycles. The number of rotatable bonds is 6. The number of nitrogens with one attached hydrogen (secondary N) is 1. The molecular formula is C26H25ClN2O5. The highest BCUT2D eigenvalue weighted by atomic mass is 35.5.